The van der Waals surface area contributed by atoms with E-state index in [-0.39, 0.29) is 6.09 Å². The van der Waals surface area contributed by atoms with E-state index in [1.165, 1.54) is 0 Å². The summed E-state index contributed by atoms with van der Waals surface area (Å²) in [6.45, 7) is 10.2. The number of carbonyl (C=O) groups is 1. The van der Waals surface area contributed by atoms with E-state index in [1.807, 2.05) is 20.8 Å². The van der Waals surface area contributed by atoms with Crippen LogP contribution in [0, 0.1) is 0 Å². The second kappa shape index (κ2) is 13.1. The van der Waals surface area contributed by atoms with Gasteiger partial charge in [0.15, 0.2) is 0 Å². The van der Waals surface area contributed by atoms with Gasteiger partial charge in [0.2, 0.25) is 0 Å². The fourth-order valence-electron chi connectivity index (χ4n) is 1.54. The quantitative estimate of drug-likeness (QED) is 0.345. The number of nitrogens with zero attached hydrogens (tertiary/aromatic N) is 2. The molecule has 0 aromatic rings. The Bertz CT molecular complexity index is 435. The fraction of sp³-hybridized carbons (Fsp3) is 0.909. The lowest BCUT2D eigenvalue weighted by atomic mass is 10.2. The van der Waals surface area contributed by atoms with Crippen LogP contribution in [0.15, 0.2) is 0 Å². The molecule has 30 heavy (non-hydrogen) atoms. The van der Waals surface area contributed by atoms with Crippen LogP contribution in [0.4, 0.5) is 56.6 Å². The van der Waals surface area contributed by atoms with Gasteiger partial charge in [-0.1, -0.05) is 0 Å². The van der Waals surface area contributed by atoms with Crippen molar-refractivity contribution in [3.8, 4) is 0 Å². The first-order chi connectivity index (χ1) is 12.8. The van der Waals surface area contributed by atoms with Gasteiger partial charge in [0.05, 0.1) is 0 Å². The fourth-order valence-corrected chi connectivity index (χ4v) is 1.54. The number of likely N-dealkylation sites (N-methyl/N-ethyl adjacent to an activating group) is 1. The van der Waals surface area contributed by atoms with Crippen LogP contribution in [0.1, 0.15) is 27.7 Å². The molecule has 0 saturated carbocycles. The standard InChI is InChI=1S/C11H22N2O2.3BF4/c1-9-8-13(7-6-12(9)5)10(14)15-11(2,3)4;3*2-1(3,4)5/h9H,6-8H2,1-5H3;;;/q;3*-1. The maximum atomic E-state index is 11.8. The van der Waals surface area contributed by atoms with E-state index in [0.29, 0.717) is 6.04 Å². The Labute approximate surface area is 166 Å². The zero-order valence-corrected chi connectivity index (χ0v) is 16.7. The van der Waals surface area contributed by atoms with E-state index in [2.05, 4.69) is 18.9 Å². The lowest BCUT2D eigenvalue weighted by Gasteiger charge is -2.38. The lowest BCUT2D eigenvalue weighted by molar-refractivity contribution is 0.00928. The smallest absolute Gasteiger partial charge is 0.444 e. The van der Waals surface area contributed by atoms with Gasteiger partial charge in [0, 0.05) is 25.7 Å². The van der Waals surface area contributed by atoms with Crippen molar-refractivity contribution in [2.45, 2.75) is 39.3 Å². The summed E-state index contributed by atoms with van der Waals surface area (Å²) in [5.74, 6) is 0. The summed E-state index contributed by atoms with van der Waals surface area (Å²) in [6, 6.07) is 0.409. The second-order valence-corrected chi connectivity index (χ2v) is 6.74. The molecule has 0 aliphatic carbocycles. The SMILES string of the molecule is CC1CN(C(=O)OC(C)(C)C)CCN1C.F[B-](F)(F)F.F[B-](F)(F)F.F[B-](F)(F)F. The predicted molar refractivity (Wildman–Crippen MR) is 90.5 cm³/mol. The van der Waals surface area contributed by atoms with Gasteiger partial charge in [-0.3, -0.25) is 0 Å². The molecular formula is C11H22B3F12N2O2-3. The Morgan fingerprint density at radius 3 is 1.33 bits per heavy atom. The van der Waals surface area contributed by atoms with Crippen LogP contribution in [0.3, 0.4) is 0 Å². The summed E-state index contributed by atoms with van der Waals surface area (Å²) in [4.78, 5) is 15.8. The number of ether oxygens (including phenoxy) is 1. The molecule has 1 aliphatic heterocycles. The van der Waals surface area contributed by atoms with E-state index < -0.39 is 27.4 Å². The van der Waals surface area contributed by atoms with Crippen LogP contribution in [0.25, 0.3) is 0 Å². The molecule has 1 fully saturated rings. The number of hydrogen-bond donors (Lipinski definition) is 0. The average molecular weight is 475 g/mol. The molecule has 0 spiro atoms. The number of halogens is 12. The molecule has 1 heterocycles. The monoisotopic (exact) mass is 475 g/mol. The van der Waals surface area contributed by atoms with Crippen LogP contribution in [0.2, 0.25) is 0 Å². The summed E-state index contributed by atoms with van der Waals surface area (Å²) < 4.78 is 122. The van der Waals surface area contributed by atoms with E-state index in [4.69, 9.17) is 4.74 Å². The molecule has 1 saturated heterocycles. The summed E-state index contributed by atoms with van der Waals surface area (Å²) >= 11 is 0. The number of hydrogen-bond acceptors (Lipinski definition) is 3. The van der Waals surface area contributed by atoms with Crippen molar-refractivity contribution in [1.82, 2.24) is 9.80 Å². The summed E-state index contributed by atoms with van der Waals surface area (Å²) in [5, 5.41) is 0. The van der Waals surface area contributed by atoms with Crippen molar-refractivity contribution < 1.29 is 61.3 Å². The maximum Gasteiger partial charge on any atom is 0.673 e. The van der Waals surface area contributed by atoms with Gasteiger partial charge >= 0.3 is 27.9 Å². The summed E-state index contributed by atoms with van der Waals surface area (Å²) in [5.41, 5.74) is -0.399. The van der Waals surface area contributed by atoms with Gasteiger partial charge in [-0.2, -0.15) is 0 Å². The van der Waals surface area contributed by atoms with Crippen molar-refractivity contribution in [1.29, 1.82) is 0 Å². The highest BCUT2D eigenvalue weighted by atomic mass is 19.5. The molecule has 0 aromatic heterocycles. The highest BCUT2D eigenvalue weighted by Gasteiger charge is 2.28. The molecule has 0 bridgehead atoms. The van der Waals surface area contributed by atoms with E-state index in [0.717, 1.165) is 19.6 Å². The Kier molecular flexibility index (Phi) is 14.5. The molecular weight excluding hydrogens is 453 g/mol. The molecule has 4 nitrogen and oxygen atoms in total. The third-order valence-corrected chi connectivity index (χ3v) is 2.61. The van der Waals surface area contributed by atoms with Crippen LogP contribution >= 0.6 is 0 Å². The average Bonchev–Trinajstić information content (AvgIpc) is 2.33. The summed E-state index contributed by atoms with van der Waals surface area (Å²) in [6.07, 6.45) is -0.192. The molecule has 1 atom stereocenters. The maximum absolute atomic E-state index is 11.8. The zero-order chi connectivity index (χ0) is 25.1. The molecule has 0 N–H and O–H groups in total. The molecule has 1 aliphatic rings. The first-order valence-electron chi connectivity index (χ1n) is 8.09. The first kappa shape index (κ1) is 33.2. The molecule has 184 valence electrons. The molecule has 0 radical (unpaired) electrons. The topological polar surface area (TPSA) is 32.8 Å². The van der Waals surface area contributed by atoms with Crippen LogP contribution in [-0.4, -0.2) is 76.0 Å². The van der Waals surface area contributed by atoms with Gasteiger partial charge in [-0.15, -0.1) is 0 Å². The van der Waals surface area contributed by atoms with Crippen molar-refractivity contribution in [3.63, 3.8) is 0 Å². The second-order valence-electron chi connectivity index (χ2n) is 6.74. The molecule has 1 amide bonds. The largest absolute Gasteiger partial charge is 0.673 e. The minimum Gasteiger partial charge on any atom is -0.444 e. The minimum atomic E-state index is -6.00. The Morgan fingerprint density at radius 2 is 1.10 bits per heavy atom. The van der Waals surface area contributed by atoms with E-state index in [1.54, 1.807) is 4.90 Å². The molecule has 1 unspecified atom stereocenters. The Balaban J connectivity index is -0.000000400. The number of carbonyl (C=O) groups excluding carboxylic acids is 1. The van der Waals surface area contributed by atoms with Gasteiger partial charge in [0.25, 0.3) is 0 Å². The lowest BCUT2D eigenvalue weighted by Crippen LogP contribution is -2.52. The Morgan fingerprint density at radius 1 is 0.800 bits per heavy atom. The third kappa shape index (κ3) is 41.1. The predicted octanol–water partition coefficient (Wildman–Crippen LogP) is 5.46. The van der Waals surface area contributed by atoms with Gasteiger partial charge in [-0.25, -0.2) is 4.79 Å². The van der Waals surface area contributed by atoms with Crippen LogP contribution in [-0.2, 0) is 4.74 Å². The van der Waals surface area contributed by atoms with Gasteiger partial charge in [0.1, 0.15) is 5.60 Å². The highest BCUT2D eigenvalue weighted by Crippen LogP contribution is 2.13. The van der Waals surface area contributed by atoms with Crippen molar-refractivity contribution in [2.75, 3.05) is 26.7 Å². The molecule has 0 aromatic carbocycles. The molecule has 19 heteroatoms. The summed E-state index contributed by atoms with van der Waals surface area (Å²) in [7, 11) is -15.9. The molecule has 1 rings (SSSR count). The minimum absolute atomic E-state index is 0.192. The van der Waals surface area contributed by atoms with Crippen molar-refractivity contribution in [3.05, 3.63) is 0 Å². The van der Waals surface area contributed by atoms with Crippen LogP contribution < -0.4 is 0 Å². The van der Waals surface area contributed by atoms with E-state index in [9.17, 15) is 56.6 Å². The van der Waals surface area contributed by atoms with Gasteiger partial charge < -0.3 is 66.3 Å². The zero-order valence-electron chi connectivity index (χ0n) is 16.7. The third-order valence-electron chi connectivity index (χ3n) is 2.61. The van der Waals surface area contributed by atoms with Crippen LogP contribution in [0.5, 0.6) is 0 Å². The highest BCUT2D eigenvalue weighted by molar-refractivity contribution is 6.50. The first-order valence-corrected chi connectivity index (χ1v) is 8.09. The number of amides is 1. The van der Waals surface area contributed by atoms with Crippen molar-refractivity contribution >= 4 is 27.9 Å². The van der Waals surface area contributed by atoms with Gasteiger partial charge in [-0.05, 0) is 34.7 Å². The Hall–Kier alpha value is -1.42. The number of rotatable bonds is 0. The number of piperazine rings is 1. The van der Waals surface area contributed by atoms with Crippen molar-refractivity contribution in [2.24, 2.45) is 0 Å². The normalized spacial score (nSPS) is 18.0. The van der Waals surface area contributed by atoms with E-state index >= 15 is 0 Å².